The van der Waals surface area contributed by atoms with E-state index in [0.717, 1.165) is 6.07 Å². The highest BCUT2D eigenvalue weighted by Crippen LogP contribution is 2.39. The molecule has 0 saturated carbocycles. The lowest BCUT2D eigenvalue weighted by Gasteiger charge is -2.24. The van der Waals surface area contributed by atoms with Crippen molar-refractivity contribution in [2.24, 2.45) is 0 Å². The van der Waals surface area contributed by atoms with Crippen molar-refractivity contribution < 1.29 is 36.2 Å². The summed E-state index contributed by atoms with van der Waals surface area (Å²) in [5, 5.41) is 9.29. The summed E-state index contributed by atoms with van der Waals surface area (Å²) in [6.07, 6.45) is 2.35. The van der Waals surface area contributed by atoms with Gasteiger partial charge in [0.25, 0.3) is 0 Å². The summed E-state index contributed by atoms with van der Waals surface area (Å²) >= 11 is 0. The molecule has 2 nitrogen and oxygen atoms in total. The maximum absolute atomic E-state index is 14.9. The number of rotatable bonds is 9. The molecule has 0 aliphatic heterocycles. The topological polar surface area (TPSA) is 29.5 Å². The number of benzene rings is 2. The lowest BCUT2D eigenvalue weighted by molar-refractivity contribution is 0.224. The van der Waals surface area contributed by atoms with Crippen molar-refractivity contribution in [1.82, 2.24) is 0 Å². The van der Waals surface area contributed by atoms with Crippen LogP contribution in [0.5, 0.6) is 5.75 Å². The molecule has 0 radical (unpaired) electrons. The third-order valence-corrected chi connectivity index (χ3v) is 6.21. The van der Waals surface area contributed by atoms with Crippen molar-refractivity contribution in [3.05, 3.63) is 106 Å². The van der Waals surface area contributed by atoms with Crippen LogP contribution in [-0.2, 0) is 11.2 Å². The van der Waals surface area contributed by atoms with Gasteiger partial charge in [-0.3, -0.25) is 0 Å². The van der Waals surface area contributed by atoms with Crippen molar-refractivity contribution >= 4 is 5.57 Å². The van der Waals surface area contributed by atoms with E-state index < -0.39 is 46.4 Å². The van der Waals surface area contributed by atoms with Crippen molar-refractivity contribution in [1.29, 1.82) is 0 Å². The van der Waals surface area contributed by atoms with Crippen molar-refractivity contribution in [2.75, 3.05) is 6.61 Å². The van der Waals surface area contributed by atoms with Gasteiger partial charge in [0.05, 0.1) is 6.61 Å². The van der Waals surface area contributed by atoms with E-state index in [1.807, 2.05) is 0 Å². The summed E-state index contributed by atoms with van der Waals surface area (Å²) < 4.78 is 90.6. The van der Waals surface area contributed by atoms with Crippen LogP contribution in [0.2, 0.25) is 0 Å². The van der Waals surface area contributed by atoms with Crippen LogP contribution >= 0.6 is 0 Å². The number of halogens is 6. The molecule has 36 heavy (non-hydrogen) atoms. The Balaban J connectivity index is 1.71. The fourth-order valence-corrected chi connectivity index (χ4v) is 4.17. The summed E-state index contributed by atoms with van der Waals surface area (Å²) in [4.78, 5) is 0. The lowest BCUT2D eigenvalue weighted by atomic mass is 9.82. The van der Waals surface area contributed by atoms with E-state index in [1.54, 1.807) is 13.0 Å². The predicted molar refractivity (Wildman–Crippen MR) is 126 cm³/mol. The number of hydrogen-bond acceptors (Lipinski definition) is 2. The van der Waals surface area contributed by atoms with Gasteiger partial charge in [-0.25, -0.2) is 17.6 Å². The Kier molecular flexibility index (Phi) is 8.71. The molecule has 3 rings (SSSR count). The van der Waals surface area contributed by atoms with Crippen LogP contribution in [0.4, 0.5) is 26.3 Å². The highest BCUT2D eigenvalue weighted by molar-refractivity contribution is 5.68. The number of ether oxygens (including phenoxy) is 1. The van der Waals surface area contributed by atoms with Gasteiger partial charge >= 0.3 is 0 Å². The molecule has 1 unspecified atom stereocenters. The standard InChI is InChI=1S/C28H26F6O2/c1-4-36-16(3)24(30)23(29)15(2)5-6-19-11-12-20(26(32)25(19)31)17-7-9-18(10-8-17)21-13-14-22(35)28(34)27(21)33/h9,11-14,17,35H,2-8,10H2,1H3/b24-23-. The second-order valence-corrected chi connectivity index (χ2v) is 8.49. The van der Waals surface area contributed by atoms with Crippen LogP contribution in [0.1, 0.15) is 55.2 Å². The zero-order valence-corrected chi connectivity index (χ0v) is 19.7. The number of phenolic OH excluding ortho intramolecular Hbond substituents is 1. The van der Waals surface area contributed by atoms with E-state index in [9.17, 15) is 31.4 Å². The molecular formula is C28H26F6O2. The minimum absolute atomic E-state index is 0.0112. The predicted octanol–water partition coefficient (Wildman–Crippen LogP) is 8.49. The Hall–Kier alpha value is -3.42. The molecule has 1 N–H and O–H groups in total. The lowest BCUT2D eigenvalue weighted by Crippen LogP contribution is -2.09. The van der Waals surface area contributed by atoms with Crippen LogP contribution < -0.4 is 0 Å². The molecule has 1 atom stereocenters. The average molecular weight is 509 g/mol. The molecule has 2 aromatic rings. The largest absolute Gasteiger partial charge is 0.505 e. The Bertz CT molecular complexity index is 1250. The zero-order valence-electron chi connectivity index (χ0n) is 19.7. The maximum atomic E-state index is 14.9. The van der Waals surface area contributed by atoms with Crippen LogP contribution in [0.15, 0.2) is 66.5 Å². The summed E-state index contributed by atoms with van der Waals surface area (Å²) in [5.41, 5.74) is 0.442. The first-order valence-electron chi connectivity index (χ1n) is 11.4. The Morgan fingerprint density at radius 1 is 0.972 bits per heavy atom. The van der Waals surface area contributed by atoms with E-state index in [1.165, 1.54) is 18.2 Å². The van der Waals surface area contributed by atoms with E-state index in [0.29, 0.717) is 18.4 Å². The second-order valence-electron chi connectivity index (χ2n) is 8.49. The van der Waals surface area contributed by atoms with Gasteiger partial charge in [0.2, 0.25) is 5.82 Å². The average Bonchev–Trinajstić information content (AvgIpc) is 2.87. The minimum atomic E-state index is -1.33. The van der Waals surface area contributed by atoms with Gasteiger partial charge in [-0.05, 0) is 79.4 Å². The molecule has 0 aromatic heterocycles. The highest BCUT2D eigenvalue weighted by Gasteiger charge is 2.25. The molecule has 0 bridgehead atoms. The van der Waals surface area contributed by atoms with E-state index in [2.05, 4.69) is 13.2 Å². The third-order valence-electron chi connectivity index (χ3n) is 6.21. The first-order valence-corrected chi connectivity index (χ1v) is 11.4. The molecule has 2 aromatic carbocycles. The fraction of sp³-hybridized carbons (Fsp3) is 0.286. The molecule has 0 spiro atoms. The normalized spacial score (nSPS) is 16.3. The Labute approximate surface area is 205 Å². The number of phenols is 1. The van der Waals surface area contributed by atoms with Crippen molar-refractivity contribution in [3.63, 3.8) is 0 Å². The van der Waals surface area contributed by atoms with Gasteiger partial charge in [-0.2, -0.15) is 8.78 Å². The Morgan fingerprint density at radius 3 is 2.33 bits per heavy atom. The molecule has 1 aliphatic rings. The van der Waals surface area contributed by atoms with Gasteiger partial charge in [-0.15, -0.1) is 0 Å². The number of aryl methyl sites for hydroxylation is 1. The first-order chi connectivity index (χ1) is 17.1. The molecular weight excluding hydrogens is 482 g/mol. The van der Waals surface area contributed by atoms with E-state index in [4.69, 9.17) is 4.74 Å². The summed E-state index contributed by atoms with van der Waals surface area (Å²) in [6, 6.07) is 5.19. The fourth-order valence-electron chi connectivity index (χ4n) is 4.17. The van der Waals surface area contributed by atoms with Gasteiger partial charge < -0.3 is 9.84 Å². The zero-order chi connectivity index (χ0) is 26.6. The van der Waals surface area contributed by atoms with Crippen LogP contribution in [0.25, 0.3) is 5.57 Å². The molecule has 0 saturated heterocycles. The van der Waals surface area contributed by atoms with E-state index >= 15 is 0 Å². The molecule has 8 heteroatoms. The molecule has 0 fully saturated rings. The molecule has 0 amide bonds. The van der Waals surface area contributed by atoms with Crippen LogP contribution in [-0.4, -0.2) is 11.7 Å². The van der Waals surface area contributed by atoms with Gasteiger partial charge in [0.15, 0.2) is 40.6 Å². The SMILES string of the molecule is C=C(CCc1ccc(C2CC=C(c3ccc(O)c(F)c3F)CC2)c(F)c1F)/C(F)=C(/F)C(=C)OCC. The highest BCUT2D eigenvalue weighted by atomic mass is 19.2. The first kappa shape index (κ1) is 27.2. The number of aromatic hydroxyl groups is 1. The number of allylic oxidation sites excluding steroid dienone is 5. The molecule has 192 valence electrons. The third kappa shape index (κ3) is 5.69. The smallest absolute Gasteiger partial charge is 0.200 e. The molecule has 0 heterocycles. The van der Waals surface area contributed by atoms with Gasteiger partial charge in [-0.1, -0.05) is 31.4 Å². The minimum Gasteiger partial charge on any atom is -0.505 e. The monoisotopic (exact) mass is 508 g/mol. The summed E-state index contributed by atoms with van der Waals surface area (Å²) in [7, 11) is 0. The Morgan fingerprint density at radius 2 is 1.69 bits per heavy atom. The van der Waals surface area contributed by atoms with Gasteiger partial charge in [0.1, 0.15) is 0 Å². The maximum Gasteiger partial charge on any atom is 0.200 e. The summed E-state index contributed by atoms with van der Waals surface area (Å²) in [5.74, 6) is -8.78. The van der Waals surface area contributed by atoms with Crippen LogP contribution in [0.3, 0.4) is 0 Å². The quantitative estimate of drug-likeness (QED) is 0.209. The van der Waals surface area contributed by atoms with Crippen LogP contribution in [0, 0.1) is 23.3 Å². The molecule has 1 aliphatic carbocycles. The second kappa shape index (κ2) is 11.5. The number of hydrogen-bond donors (Lipinski definition) is 1. The van der Waals surface area contributed by atoms with Gasteiger partial charge in [0, 0.05) is 5.56 Å². The van der Waals surface area contributed by atoms with Crippen molar-refractivity contribution in [3.8, 4) is 5.75 Å². The van der Waals surface area contributed by atoms with E-state index in [-0.39, 0.29) is 54.1 Å². The summed E-state index contributed by atoms with van der Waals surface area (Å²) in [6.45, 7) is 8.45. The van der Waals surface area contributed by atoms with Crippen molar-refractivity contribution in [2.45, 2.75) is 44.9 Å².